The van der Waals surface area contributed by atoms with Gasteiger partial charge in [-0.2, -0.15) is 5.26 Å². The molecule has 4 aliphatic carbocycles. The molecule has 4 aliphatic rings. The van der Waals surface area contributed by atoms with E-state index in [2.05, 4.69) is 53.8 Å². The SMILES string of the molecule is CC(C)(C)[Si](C)(C)OC1C[C@@H]2CC[C@@H]3[C@H](CC[C@]4(C)[C@@H](C#N)CC[C@@H]34)[C@@]2(C)C[C@@H]1O. The summed E-state index contributed by atoms with van der Waals surface area (Å²) >= 11 is 0. The van der Waals surface area contributed by atoms with E-state index in [1.807, 2.05) is 0 Å². The molecule has 0 heterocycles. The van der Waals surface area contributed by atoms with Gasteiger partial charge >= 0.3 is 0 Å². The Bertz CT molecular complexity index is 709. The Morgan fingerprint density at radius 1 is 1.00 bits per heavy atom. The Kier molecular flexibility index (Phi) is 5.57. The average molecular weight is 432 g/mol. The highest BCUT2D eigenvalue weighted by Gasteiger charge is 2.61. The fraction of sp³-hybridized carbons (Fsp3) is 0.962. The van der Waals surface area contributed by atoms with Crippen molar-refractivity contribution < 1.29 is 9.53 Å². The summed E-state index contributed by atoms with van der Waals surface area (Å²) in [6, 6.07) is 2.66. The number of nitriles is 1. The Labute approximate surface area is 186 Å². The predicted molar refractivity (Wildman–Crippen MR) is 124 cm³/mol. The molecular formula is C26H45NO2Si. The van der Waals surface area contributed by atoms with Crippen molar-refractivity contribution in [2.45, 2.75) is 116 Å². The van der Waals surface area contributed by atoms with Crippen LogP contribution in [-0.2, 0) is 4.43 Å². The summed E-state index contributed by atoms with van der Waals surface area (Å²) < 4.78 is 6.75. The highest BCUT2D eigenvalue weighted by atomic mass is 28.4. The second-order valence-corrected chi connectivity index (χ2v) is 18.1. The maximum Gasteiger partial charge on any atom is 0.192 e. The van der Waals surface area contributed by atoms with E-state index in [1.54, 1.807) is 0 Å². The van der Waals surface area contributed by atoms with Crippen LogP contribution in [-0.4, -0.2) is 25.6 Å². The number of aliphatic hydroxyl groups is 1. The number of hydrogen-bond donors (Lipinski definition) is 1. The number of nitrogens with zero attached hydrogens (tertiary/aromatic N) is 1. The van der Waals surface area contributed by atoms with Crippen molar-refractivity contribution in [3.8, 4) is 6.07 Å². The summed E-state index contributed by atoms with van der Waals surface area (Å²) in [4.78, 5) is 0. The number of fused-ring (bicyclic) bond motifs is 5. The lowest BCUT2D eigenvalue weighted by Crippen LogP contribution is -2.58. The van der Waals surface area contributed by atoms with Gasteiger partial charge in [0.05, 0.1) is 24.2 Å². The molecule has 1 unspecified atom stereocenters. The lowest BCUT2D eigenvalue weighted by atomic mass is 9.44. The second kappa shape index (κ2) is 7.32. The Morgan fingerprint density at radius 2 is 1.67 bits per heavy atom. The molecule has 1 N–H and O–H groups in total. The zero-order valence-corrected chi connectivity index (χ0v) is 21.5. The smallest absolute Gasteiger partial charge is 0.192 e. The second-order valence-electron chi connectivity index (χ2n) is 13.4. The van der Waals surface area contributed by atoms with Crippen LogP contribution in [0.15, 0.2) is 0 Å². The number of hydrogen-bond acceptors (Lipinski definition) is 3. The van der Waals surface area contributed by atoms with Gasteiger partial charge in [0.2, 0.25) is 0 Å². The van der Waals surface area contributed by atoms with Crippen molar-refractivity contribution in [3.63, 3.8) is 0 Å². The fourth-order valence-corrected chi connectivity index (χ4v) is 9.52. The van der Waals surface area contributed by atoms with E-state index in [0.717, 1.165) is 37.0 Å². The van der Waals surface area contributed by atoms with Crippen LogP contribution in [0.5, 0.6) is 0 Å². The Balaban J connectivity index is 1.53. The van der Waals surface area contributed by atoms with Crippen LogP contribution in [0.3, 0.4) is 0 Å². The van der Waals surface area contributed by atoms with Gasteiger partial charge in [0.1, 0.15) is 0 Å². The van der Waals surface area contributed by atoms with Crippen molar-refractivity contribution in [2.24, 2.45) is 40.4 Å². The van der Waals surface area contributed by atoms with Crippen LogP contribution in [0.2, 0.25) is 18.1 Å². The van der Waals surface area contributed by atoms with Gasteiger partial charge in [-0.25, -0.2) is 0 Å². The summed E-state index contributed by atoms with van der Waals surface area (Å²) in [6.45, 7) is 16.4. The Hall–Kier alpha value is -0.373. The molecule has 0 aromatic carbocycles. The summed E-state index contributed by atoms with van der Waals surface area (Å²) in [5.74, 6) is 3.13. The molecule has 0 aliphatic heterocycles. The number of rotatable bonds is 2. The first-order chi connectivity index (χ1) is 13.8. The highest BCUT2D eigenvalue weighted by Crippen LogP contribution is 2.67. The molecule has 4 fully saturated rings. The van der Waals surface area contributed by atoms with Crippen molar-refractivity contribution >= 4 is 8.32 Å². The van der Waals surface area contributed by atoms with Crippen molar-refractivity contribution in [1.29, 1.82) is 5.26 Å². The molecule has 170 valence electrons. The standard InChI is InChI=1S/C26H45NO2Si/c1-24(2,3)30(6,7)29-23-14-17-8-10-19-20-11-9-18(16-27)25(20,4)13-12-21(19)26(17,5)15-22(23)28/h17-23,28H,8-15H2,1-7H3/t17-,18+,19-,20-,21-,22-,23?,25+,26-/m0/s1. The molecule has 0 radical (unpaired) electrons. The van der Waals surface area contributed by atoms with Gasteiger partial charge in [0.15, 0.2) is 8.32 Å². The van der Waals surface area contributed by atoms with E-state index >= 15 is 0 Å². The first-order valence-corrected chi connectivity index (χ1v) is 15.5. The minimum atomic E-state index is -1.88. The lowest BCUT2D eigenvalue weighted by Gasteiger charge is -2.62. The van der Waals surface area contributed by atoms with E-state index in [1.165, 1.54) is 32.1 Å². The third-order valence-corrected chi connectivity index (χ3v) is 15.6. The largest absolute Gasteiger partial charge is 0.411 e. The van der Waals surface area contributed by atoms with Gasteiger partial charge in [-0.15, -0.1) is 0 Å². The molecule has 3 nitrogen and oxygen atoms in total. The molecule has 4 saturated carbocycles. The molecule has 0 saturated heterocycles. The number of aliphatic hydroxyl groups excluding tert-OH is 1. The van der Waals surface area contributed by atoms with E-state index in [4.69, 9.17) is 4.43 Å². The molecule has 0 amide bonds. The third-order valence-electron chi connectivity index (χ3n) is 11.1. The van der Waals surface area contributed by atoms with Crippen LogP contribution in [0.25, 0.3) is 0 Å². The molecule has 0 aromatic heterocycles. The van der Waals surface area contributed by atoms with Crippen molar-refractivity contribution in [2.75, 3.05) is 0 Å². The van der Waals surface area contributed by atoms with Gasteiger partial charge in [0.25, 0.3) is 0 Å². The topological polar surface area (TPSA) is 53.2 Å². The van der Waals surface area contributed by atoms with Gasteiger partial charge < -0.3 is 9.53 Å². The van der Waals surface area contributed by atoms with Gasteiger partial charge in [-0.05, 0) is 104 Å². The average Bonchev–Trinajstić information content (AvgIpc) is 2.97. The molecule has 0 bridgehead atoms. The normalized spacial score (nSPS) is 49.0. The van der Waals surface area contributed by atoms with Gasteiger partial charge in [0, 0.05) is 0 Å². The van der Waals surface area contributed by atoms with E-state index in [-0.39, 0.29) is 34.0 Å². The quantitative estimate of drug-likeness (QED) is 0.506. The molecule has 0 aromatic rings. The Morgan fingerprint density at radius 3 is 2.30 bits per heavy atom. The van der Waals surface area contributed by atoms with E-state index in [9.17, 15) is 10.4 Å². The summed E-state index contributed by atoms with van der Waals surface area (Å²) in [5, 5.41) is 21.2. The van der Waals surface area contributed by atoms with E-state index in [0.29, 0.717) is 5.92 Å². The zero-order valence-electron chi connectivity index (χ0n) is 20.5. The third kappa shape index (κ3) is 3.34. The minimum Gasteiger partial charge on any atom is -0.411 e. The summed E-state index contributed by atoms with van der Waals surface area (Å²) in [5.41, 5.74) is 0.474. The molecule has 4 rings (SSSR count). The first-order valence-electron chi connectivity index (χ1n) is 12.6. The minimum absolute atomic E-state index is 0.0174. The zero-order chi connectivity index (χ0) is 22.1. The summed E-state index contributed by atoms with van der Waals surface area (Å²) in [7, 11) is -1.88. The highest BCUT2D eigenvalue weighted by molar-refractivity contribution is 6.74. The first kappa shape index (κ1) is 22.8. The van der Waals surface area contributed by atoms with E-state index < -0.39 is 8.32 Å². The van der Waals surface area contributed by atoms with Crippen molar-refractivity contribution in [1.82, 2.24) is 0 Å². The van der Waals surface area contributed by atoms with Crippen LogP contribution in [0.4, 0.5) is 0 Å². The molecule has 9 atom stereocenters. The van der Waals surface area contributed by atoms with Crippen LogP contribution in [0, 0.1) is 51.8 Å². The van der Waals surface area contributed by atoms with Crippen LogP contribution < -0.4 is 0 Å². The lowest BCUT2D eigenvalue weighted by molar-refractivity contribution is -0.155. The van der Waals surface area contributed by atoms with Crippen molar-refractivity contribution in [3.05, 3.63) is 0 Å². The molecule has 30 heavy (non-hydrogen) atoms. The maximum atomic E-state index is 11.3. The molecular weight excluding hydrogens is 386 g/mol. The molecule has 4 heteroatoms. The monoisotopic (exact) mass is 431 g/mol. The summed E-state index contributed by atoms with van der Waals surface area (Å²) in [6.07, 6.45) is 9.05. The maximum absolute atomic E-state index is 11.3. The molecule has 0 spiro atoms. The fourth-order valence-electron chi connectivity index (χ4n) is 8.15. The van der Waals surface area contributed by atoms with Gasteiger partial charge in [-0.1, -0.05) is 34.6 Å². The van der Waals surface area contributed by atoms with Crippen LogP contribution >= 0.6 is 0 Å². The van der Waals surface area contributed by atoms with Crippen LogP contribution in [0.1, 0.15) is 86.0 Å². The van der Waals surface area contributed by atoms with Gasteiger partial charge in [-0.3, -0.25) is 0 Å². The predicted octanol–water partition coefficient (Wildman–Crippen LogP) is 6.53.